The van der Waals surface area contributed by atoms with Crippen LogP contribution in [0.1, 0.15) is 31.7 Å². The number of pyridine rings is 1. The van der Waals surface area contributed by atoms with Crippen LogP contribution in [0.5, 0.6) is 0 Å². The van der Waals surface area contributed by atoms with Gasteiger partial charge >= 0.3 is 11.9 Å². The van der Waals surface area contributed by atoms with E-state index in [4.69, 9.17) is 5.11 Å². The van der Waals surface area contributed by atoms with Gasteiger partial charge in [-0.15, -0.1) is 0 Å². The third-order valence-electron chi connectivity index (χ3n) is 4.11. The predicted octanol–water partition coefficient (Wildman–Crippen LogP) is 2.76. The van der Waals surface area contributed by atoms with E-state index in [1.165, 1.54) is 31.3 Å². The fraction of sp³-hybridized carbons (Fsp3) is 0.312. The summed E-state index contributed by atoms with van der Waals surface area (Å²) in [5.74, 6) is -3.14. The highest BCUT2D eigenvalue weighted by Crippen LogP contribution is 2.44. The lowest BCUT2D eigenvalue weighted by molar-refractivity contribution is -0.146. The van der Waals surface area contributed by atoms with E-state index in [0.29, 0.717) is 11.1 Å². The number of halogens is 1. The summed E-state index contributed by atoms with van der Waals surface area (Å²) in [6.07, 6.45) is 4.23. The normalized spacial score (nSPS) is 22.5. The monoisotopic (exact) mass is 305 g/mol. The molecule has 0 aromatic carbocycles. The number of hydrogen-bond acceptors (Lipinski definition) is 3. The van der Waals surface area contributed by atoms with E-state index < -0.39 is 23.3 Å². The van der Waals surface area contributed by atoms with Gasteiger partial charge in [-0.25, -0.2) is 9.78 Å². The second-order valence-electron chi connectivity index (χ2n) is 5.57. The Balaban J connectivity index is 2.47. The first-order valence-electron chi connectivity index (χ1n) is 6.75. The van der Waals surface area contributed by atoms with E-state index >= 15 is 0 Å². The van der Waals surface area contributed by atoms with Crippen LogP contribution in [-0.4, -0.2) is 27.1 Å². The molecule has 2 N–H and O–H groups in total. The van der Waals surface area contributed by atoms with Gasteiger partial charge < -0.3 is 10.2 Å². The number of hydrogen-bond donors (Lipinski definition) is 2. The van der Waals surface area contributed by atoms with Gasteiger partial charge in [0.25, 0.3) is 0 Å². The van der Waals surface area contributed by atoms with Gasteiger partial charge in [0.2, 0.25) is 5.95 Å². The summed E-state index contributed by atoms with van der Waals surface area (Å²) >= 11 is 0. The van der Waals surface area contributed by atoms with Gasteiger partial charge in [-0.3, -0.25) is 4.79 Å². The third-order valence-corrected chi connectivity index (χ3v) is 4.11. The van der Waals surface area contributed by atoms with Crippen molar-refractivity contribution >= 4 is 11.9 Å². The first kappa shape index (κ1) is 15.9. The molecule has 0 bridgehead atoms. The van der Waals surface area contributed by atoms with Crippen LogP contribution in [-0.2, 0) is 9.59 Å². The molecule has 0 spiro atoms. The molecule has 6 heteroatoms. The second kappa shape index (κ2) is 5.71. The fourth-order valence-electron chi connectivity index (χ4n) is 2.71. The summed E-state index contributed by atoms with van der Waals surface area (Å²) in [5.41, 5.74) is -0.0280. The largest absolute Gasteiger partial charge is 0.481 e. The molecule has 2 rings (SSSR count). The third kappa shape index (κ3) is 2.77. The highest BCUT2D eigenvalue weighted by molar-refractivity contribution is 5.91. The SMILES string of the molecule is CC(C1=CC=C(C(=O)O)C[C@]1(C)C(=O)O)c1ccc(F)nc1. The quantitative estimate of drug-likeness (QED) is 0.835. The van der Waals surface area contributed by atoms with Crippen LogP contribution in [0.15, 0.2) is 41.6 Å². The minimum Gasteiger partial charge on any atom is -0.481 e. The Kier molecular flexibility index (Phi) is 4.12. The molecule has 0 fully saturated rings. The van der Waals surface area contributed by atoms with Gasteiger partial charge in [0.05, 0.1) is 5.41 Å². The van der Waals surface area contributed by atoms with Crippen LogP contribution < -0.4 is 0 Å². The van der Waals surface area contributed by atoms with Crippen molar-refractivity contribution < 1.29 is 24.2 Å². The lowest BCUT2D eigenvalue weighted by atomic mass is 9.68. The minimum absolute atomic E-state index is 0.0538. The van der Waals surface area contributed by atoms with Gasteiger partial charge in [0, 0.05) is 17.7 Å². The summed E-state index contributed by atoms with van der Waals surface area (Å²) in [6.45, 7) is 3.30. The predicted molar refractivity (Wildman–Crippen MR) is 76.8 cm³/mol. The van der Waals surface area contributed by atoms with Crippen molar-refractivity contribution in [3.8, 4) is 0 Å². The molecular weight excluding hydrogens is 289 g/mol. The van der Waals surface area contributed by atoms with Crippen molar-refractivity contribution in [3.63, 3.8) is 0 Å². The van der Waals surface area contributed by atoms with Crippen LogP contribution in [0.4, 0.5) is 4.39 Å². The highest BCUT2D eigenvalue weighted by Gasteiger charge is 2.43. The van der Waals surface area contributed by atoms with Crippen LogP contribution in [0.3, 0.4) is 0 Å². The van der Waals surface area contributed by atoms with Crippen LogP contribution in [0, 0.1) is 11.4 Å². The van der Waals surface area contributed by atoms with Crippen molar-refractivity contribution in [3.05, 3.63) is 53.1 Å². The standard InChI is InChI=1S/C16H16FNO4/c1-9(11-4-6-13(17)18-8-11)12-5-3-10(14(19)20)7-16(12,2)15(21)22/h3-6,8-9H,7H2,1-2H3,(H,19,20)(H,21,22)/t9?,16-/m0/s1. The van der Waals surface area contributed by atoms with Crippen molar-refractivity contribution in [2.45, 2.75) is 26.2 Å². The average molecular weight is 305 g/mol. The molecule has 2 atom stereocenters. The number of nitrogens with zero attached hydrogens (tertiary/aromatic N) is 1. The van der Waals surface area contributed by atoms with E-state index in [0.717, 1.165) is 0 Å². The summed E-state index contributed by atoms with van der Waals surface area (Å²) in [6, 6.07) is 2.76. The van der Waals surface area contributed by atoms with E-state index in [2.05, 4.69) is 4.98 Å². The Labute approximate surface area is 126 Å². The molecule has 1 aliphatic rings. The number of rotatable bonds is 4. The van der Waals surface area contributed by atoms with Crippen LogP contribution in [0.25, 0.3) is 0 Å². The molecule has 1 unspecified atom stereocenters. The summed E-state index contributed by atoms with van der Waals surface area (Å²) in [4.78, 5) is 26.4. The Hall–Kier alpha value is -2.50. The van der Waals surface area contributed by atoms with Crippen molar-refractivity contribution in [1.29, 1.82) is 0 Å². The number of aliphatic carboxylic acids is 2. The minimum atomic E-state index is -1.32. The fourth-order valence-corrected chi connectivity index (χ4v) is 2.71. The summed E-state index contributed by atoms with van der Waals surface area (Å²) in [5, 5.41) is 18.7. The maximum atomic E-state index is 12.9. The Morgan fingerprint density at radius 2 is 2.00 bits per heavy atom. The first-order chi connectivity index (χ1) is 10.3. The lowest BCUT2D eigenvalue weighted by Crippen LogP contribution is -2.35. The van der Waals surface area contributed by atoms with Gasteiger partial charge in [0.1, 0.15) is 0 Å². The number of carboxylic acids is 2. The number of aromatic nitrogens is 1. The van der Waals surface area contributed by atoms with Crippen molar-refractivity contribution in [1.82, 2.24) is 4.98 Å². The topological polar surface area (TPSA) is 87.5 Å². The van der Waals surface area contributed by atoms with Gasteiger partial charge in [-0.1, -0.05) is 25.1 Å². The zero-order valence-corrected chi connectivity index (χ0v) is 12.2. The molecular formula is C16H16FNO4. The smallest absolute Gasteiger partial charge is 0.331 e. The molecule has 1 aromatic heterocycles. The molecule has 1 aliphatic carbocycles. The number of carboxylic acid groups (broad SMARTS) is 2. The van der Waals surface area contributed by atoms with E-state index in [9.17, 15) is 19.1 Å². The van der Waals surface area contributed by atoms with Crippen LogP contribution >= 0.6 is 0 Å². The molecule has 0 aliphatic heterocycles. The van der Waals surface area contributed by atoms with Gasteiger partial charge in [0.15, 0.2) is 0 Å². The maximum absolute atomic E-state index is 12.9. The first-order valence-corrected chi connectivity index (χ1v) is 6.75. The molecule has 116 valence electrons. The van der Waals surface area contributed by atoms with E-state index in [1.54, 1.807) is 13.0 Å². The maximum Gasteiger partial charge on any atom is 0.331 e. The molecule has 22 heavy (non-hydrogen) atoms. The Bertz CT molecular complexity index is 678. The zero-order chi connectivity index (χ0) is 16.5. The lowest BCUT2D eigenvalue weighted by Gasteiger charge is -2.34. The molecule has 0 saturated carbocycles. The van der Waals surface area contributed by atoms with Gasteiger partial charge in [-0.05, 0) is 30.5 Å². The highest BCUT2D eigenvalue weighted by atomic mass is 19.1. The Morgan fingerprint density at radius 3 is 2.50 bits per heavy atom. The molecule has 0 radical (unpaired) electrons. The zero-order valence-electron chi connectivity index (χ0n) is 12.2. The molecule has 5 nitrogen and oxygen atoms in total. The average Bonchev–Trinajstić information content (AvgIpc) is 2.47. The second-order valence-corrected chi connectivity index (χ2v) is 5.57. The van der Waals surface area contributed by atoms with Crippen molar-refractivity contribution in [2.75, 3.05) is 0 Å². The van der Waals surface area contributed by atoms with Gasteiger partial charge in [-0.2, -0.15) is 4.39 Å². The summed E-state index contributed by atoms with van der Waals surface area (Å²) < 4.78 is 12.9. The summed E-state index contributed by atoms with van der Waals surface area (Å²) in [7, 11) is 0. The van der Waals surface area contributed by atoms with E-state index in [-0.39, 0.29) is 17.9 Å². The molecule has 0 saturated heterocycles. The number of carbonyl (C=O) groups is 2. The van der Waals surface area contributed by atoms with Crippen molar-refractivity contribution in [2.24, 2.45) is 5.41 Å². The number of allylic oxidation sites excluding steroid dienone is 2. The molecule has 1 heterocycles. The van der Waals surface area contributed by atoms with E-state index in [1.807, 2.05) is 0 Å². The van der Waals surface area contributed by atoms with Crippen LogP contribution in [0.2, 0.25) is 0 Å². The molecule has 0 amide bonds. The Morgan fingerprint density at radius 1 is 1.32 bits per heavy atom. The molecule has 1 aromatic rings.